The molecule has 0 aromatic heterocycles. The van der Waals surface area contributed by atoms with Gasteiger partial charge in [0.2, 0.25) is 10.0 Å². The highest BCUT2D eigenvalue weighted by Crippen LogP contribution is 2.06. The van der Waals surface area contributed by atoms with Gasteiger partial charge in [0, 0.05) is 6.54 Å². The number of rotatable bonds is 7. The predicted octanol–water partition coefficient (Wildman–Crippen LogP) is 1.20. The number of nitrogens with one attached hydrogen (secondary N) is 1. The third-order valence-electron chi connectivity index (χ3n) is 2.37. The summed E-state index contributed by atoms with van der Waals surface area (Å²) in [6.45, 7) is 1.25. The molecular weight excluding hydrogens is 255 g/mol. The van der Waals surface area contributed by atoms with E-state index in [1.54, 1.807) is 0 Å². The number of benzene rings is 1. The van der Waals surface area contributed by atoms with E-state index in [1.807, 2.05) is 19.0 Å². The zero-order valence-corrected chi connectivity index (χ0v) is 11.5. The van der Waals surface area contributed by atoms with Crippen LogP contribution in [0.3, 0.4) is 0 Å². The van der Waals surface area contributed by atoms with Crippen molar-refractivity contribution in [1.82, 2.24) is 9.62 Å². The highest BCUT2D eigenvalue weighted by Gasteiger charge is 2.10. The molecule has 18 heavy (non-hydrogen) atoms. The van der Waals surface area contributed by atoms with Crippen LogP contribution in [0.25, 0.3) is 0 Å². The van der Waals surface area contributed by atoms with Gasteiger partial charge in [0.25, 0.3) is 0 Å². The van der Waals surface area contributed by atoms with Gasteiger partial charge in [-0.3, -0.25) is 0 Å². The van der Waals surface area contributed by atoms with Crippen LogP contribution < -0.4 is 4.72 Å². The molecule has 1 aromatic rings. The van der Waals surface area contributed by atoms with Gasteiger partial charge in [-0.1, -0.05) is 12.1 Å². The first-order valence-electron chi connectivity index (χ1n) is 5.75. The minimum atomic E-state index is -3.34. The van der Waals surface area contributed by atoms with E-state index >= 15 is 0 Å². The van der Waals surface area contributed by atoms with Crippen LogP contribution in [0.4, 0.5) is 4.39 Å². The molecule has 0 saturated carbocycles. The van der Waals surface area contributed by atoms with Crippen LogP contribution in [0.1, 0.15) is 12.0 Å². The second kappa shape index (κ2) is 6.82. The monoisotopic (exact) mass is 274 g/mol. The quantitative estimate of drug-likeness (QED) is 0.760. The molecule has 1 aromatic carbocycles. The van der Waals surface area contributed by atoms with Gasteiger partial charge in [-0.05, 0) is 44.8 Å². The molecule has 6 heteroatoms. The van der Waals surface area contributed by atoms with Gasteiger partial charge in [0.1, 0.15) is 5.82 Å². The average molecular weight is 274 g/mol. The second-order valence-electron chi connectivity index (χ2n) is 4.44. The van der Waals surface area contributed by atoms with Crippen LogP contribution >= 0.6 is 0 Å². The van der Waals surface area contributed by atoms with Crippen molar-refractivity contribution < 1.29 is 12.8 Å². The first-order chi connectivity index (χ1) is 8.39. The molecule has 0 aliphatic heterocycles. The zero-order chi connectivity index (χ0) is 13.6. The van der Waals surface area contributed by atoms with Crippen molar-refractivity contribution in [3.05, 3.63) is 35.6 Å². The van der Waals surface area contributed by atoms with Crippen molar-refractivity contribution in [1.29, 1.82) is 0 Å². The fraction of sp³-hybridized carbons (Fsp3) is 0.500. The fourth-order valence-electron chi connectivity index (χ4n) is 1.47. The highest BCUT2D eigenvalue weighted by atomic mass is 32.2. The maximum atomic E-state index is 12.7. The second-order valence-corrected chi connectivity index (χ2v) is 6.24. The summed E-state index contributed by atoms with van der Waals surface area (Å²) in [5.41, 5.74) is 0.580. The lowest BCUT2D eigenvalue weighted by Crippen LogP contribution is -2.28. The minimum absolute atomic E-state index is 0.116. The van der Waals surface area contributed by atoms with E-state index in [-0.39, 0.29) is 11.6 Å². The van der Waals surface area contributed by atoms with Crippen LogP contribution in [0, 0.1) is 5.82 Å². The Balaban J connectivity index is 2.42. The van der Waals surface area contributed by atoms with Crippen molar-refractivity contribution in [3.63, 3.8) is 0 Å². The Hall–Kier alpha value is -0.980. The van der Waals surface area contributed by atoms with Crippen LogP contribution in [-0.2, 0) is 15.8 Å². The van der Waals surface area contributed by atoms with Gasteiger partial charge < -0.3 is 4.90 Å². The fourth-order valence-corrected chi connectivity index (χ4v) is 2.66. The Morgan fingerprint density at radius 3 is 2.39 bits per heavy atom. The largest absolute Gasteiger partial charge is 0.309 e. The maximum absolute atomic E-state index is 12.7. The van der Waals surface area contributed by atoms with Crippen LogP contribution in [-0.4, -0.2) is 40.5 Å². The molecule has 0 fully saturated rings. The van der Waals surface area contributed by atoms with Crippen molar-refractivity contribution >= 4 is 10.0 Å². The number of nitrogens with zero attached hydrogens (tertiary/aromatic N) is 1. The molecular formula is C12H19FN2O2S. The van der Waals surface area contributed by atoms with Gasteiger partial charge in [-0.2, -0.15) is 0 Å². The van der Waals surface area contributed by atoms with Gasteiger partial charge in [0.15, 0.2) is 0 Å². The lowest BCUT2D eigenvalue weighted by molar-refractivity contribution is 0.400. The molecule has 1 N–H and O–H groups in total. The van der Waals surface area contributed by atoms with E-state index in [4.69, 9.17) is 0 Å². The van der Waals surface area contributed by atoms with Crippen molar-refractivity contribution in [3.8, 4) is 0 Å². The molecule has 0 spiro atoms. The van der Waals surface area contributed by atoms with Crippen molar-refractivity contribution in [2.75, 3.05) is 27.2 Å². The lowest BCUT2D eigenvalue weighted by atomic mass is 10.2. The Kier molecular flexibility index (Phi) is 5.71. The van der Waals surface area contributed by atoms with Gasteiger partial charge >= 0.3 is 0 Å². The Morgan fingerprint density at radius 2 is 1.83 bits per heavy atom. The molecule has 0 heterocycles. The summed E-state index contributed by atoms with van der Waals surface area (Å²) in [6.07, 6.45) is 0.760. The summed E-state index contributed by atoms with van der Waals surface area (Å²) < 4.78 is 38.6. The van der Waals surface area contributed by atoms with E-state index in [1.165, 1.54) is 24.3 Å². The van der Waals surface area contributed by atoms with Crippen molar-refractivity contribution in [2.45, 2.75) is 12.2 Å². The maximum Gasteiger partial charge on any atom is 0.215 e. The Labute approximate surface area is 108 Å². The molecule has 0 amide bonds. The van der Waals surface area contributed by atoms with Crippen LogP contribution in [0.5, 0.6) is 0 Å². The van der Waals surface area contributed by atoms with Crippen LogP contribution in [0.15, 0.2) is 24.3 Å². The summed E-state index contributed by atoms with van der Waals surface area (Å²) in [7, 11) is 0.539. The molecule has 0 radical (unpaired) electrons. The lowest BCUT2D eigenvalue weighted by Gasteiger charge is -2.10. The molecule has 0 aliphatic carbocycles. The first kappa shape index (κ1) is 15.1. The predicted molar refractivity (Wildman–Crippen MR) is 70.2 cm³/mol. The van der Waals surface area contributed by atoms with Gasteiger partial charge in [0.05, 0.1) is 5.75 Å². The minimum Gasteiger partial charge on any atom is -0.309 e. The zero-order valence-electron chi connectivity index (χ0n) is 10.7. The van der Waals surface area contributed by atoms with E-state index in [0.29, 0.717) is 12.1 Å². The van der Waals surface area contributed by atoms with Crippen LogP contribution in [0.2, 0.25) is 0 Å². The van der Waals surface area contributed by atoms with Gasteiger partial charge in [-0.15, -0.1) is 0 Å². The molecule has 0 unspecified atom stereocenters. The number of halogens is 1. The topological polar surface area (TPSA) is 49.4 Å². The third-order valence-corrected chi connectivity index (χ3v) is 3.73. The molecule has 102 valence electrons. The van der Waals surface area contributed by atoms with Gasteiger partial charge in [-0.25, -0.2) is 17.5 Å². The molecule has 4 nitrogen and oxygen atoms in total. The van der Waals surface area contributed by atoms with Crippen molar-refractivity contribution in [2.24, 2.45) is 0 Å². The standard InChI is InChI=1S/C12H19FN2O2S/c1-15(2)9-3-8-14-18(16,17)10-11-4-6-12(13)7-5-11/h4-7,14H,3,8-10H2,1-2H3. The van der Waals surface area contributed by atoms with E-state index in [0.717, 1.165) is 13.0 Å². The number of sulfonamides is 1. The Morgan fingerprint density at radius 1 is 1.22 bits per heavy atom. The molecule has 0 aliphatic rings. The number of hydrogen-bond donors (Lipinski definition) is 1. The summed E-state index contributed by atoms with van der Waals surface area (Å²) in [4.78, 5) is 1.99. The molecule has 0 bridgehead atoms. The summed E-state index contributed by atoms with van der Waals surface area (Å²) in [6, 6.07) is 5.48. The molecule has 0 atom stereocenters. The first-order valence-corrected chi connectivity index (χ1v) is 7.41. The smallest absolute Gasteiger partial charge is 0.215 e. The average Bonchev–Trinajstić information content (AvgIpc) is 2.27. The third kappa shape index (κ3) is 6.09. The summed E-state index contributed by atoms with van der Waals surface area (Å²) >= 11 is 0. The summed E-state index contributed by atoms with van der Waals surface area (Å²) in [5, 5.41) is 0. The van der Waals surface area contributed by atoms with E-state index < -0.39 is 10.0 Å². The molecule has 1 rings (SSSR count). The molecule has 0 saturated heterocycles. The number of hydrogen-bond acceptors (Lipinski definition) is 3. The van der Waals surface area contributed by atoms with E-state index in [9.17, 15) is 12.8 Å². The summed E-state index contributed by atoms with van der Waals surface area (Å²) in [5.74, 6) is -0.481. The Bertz CT molecular complexity index is 457. The van der Waals surface area contributed by atoms with E-state index in [2.05, 4.69) is 4.72 Å². The highest BCUT2D eigenvalue weighted by molar-refractivity contribution is 7.88. The normalized spacial score (nSPS) is 12.0. The SMILES string of the molecule is CN(C)CCCNS(=O)(=O)Cc1ccc(F)cc1.